The van der Waals surface area contributed by atoms with Crippen molar-refractivity contribution in [2.45, 2.75) is 71.3 Å². The van der Waals surface area contributed by atoms with Crippen LogP contribution >= 0.6 is 0 Å². The first-order chi connectivity index (χ1) is 11.6. The highest BCUT2D eigenvalue weighted by Gasteiger charge is 2.65. The highest BCUT2D eigenvalue weighted by atomic mass is 16.3. The van der Waals surface area contributed by atoms with Gasteiger partial charge in [0.1, 0.15) is 5.60 Å². The second-order valence-corrected chi connectivity index (χ2v) is 9.54. The molecule has 0 unspecified atom stereocenters. The Bertz CT molecular complexity index is 704. The van der Waals surface area contributed by atoms with Crippen LogP contribution in [0.4, 0.5) is 0 Å². The summed E-state index contributed by atoms with van der Waals surface area (Å²) >= 11 is 0. The maximum absolute atomic E-state index is 12.3. The molecule has 6 atom stereocenters. The van der Waals surface area contributed by atoms with Crippen LogP contribution in [0.5, 0.6) is 0 Å². The second-order valence-electron chi connectivity index (χ2n) is 9.54. The predicted molar refractivity (Wildman–Crippen MR) is 96.9 cm³/mol. The third-order valence-electron chi connectivity index (χ3n) is 8.66. The van der Waals surface area contributed by atoms with Crippen molar-refractivity contribution in [2.75, 3.05) is 0 Å². The minimum absolute atomic E-state index is 0.0339. The molecule has 136 valence electrons. The van der Waals surface area contributed by atoms with Gasteiger partial charge < -0.3 is 5.11 Å². The number of allylic oxidation sites excluding steroid dienone is 2. The van der Waals surface area contributed by atoms with Crippen LogP contribution in [0.25, 0.3) is 0 Å². The average Bonchev–Trinajstić information content (AvgIpc) is 2.83. The Morgan fingerprint density at radius 2 is 1.88 bits per heavy atom. The first kappa shape index (κ1) is 17.2. The molecule has 0 aliphatic heterocycles. The maximum Gasteiger partial charge on any atom is 0.161 e. The Hall–Kier alpha value is -1.22. The van der Waals surface area contributed by atoms with Crippen molar-refractivity contribution in [3.05, 3.63) is 23.8 Å². The van der Waals surface area contributed by atoms with Crippen molar-refractivity contribution >= 4 is 11.6 Å². The molecule has 4 aliphatic rings. The molecule has 4 aliphatic carbocycles. The lowest BCUT2D eigenvalue weighted by Gasteiger charge is -2.59. The highest BCUT2D eigenvalue weighted by Crippen LogP contribution is 2.68. The topological polar surface area (TPSA) is 54.4 Å². The number of rotatable bonds is 1. The Kier molecular flexibility index (Phi) is 3.55. The third-order valence-corrected chi connectivity index (χ3v) is 8.66. The number of aliphatic hydroxyl groups is 1. The van der Waals surface area contributed by atoms with Crippen LogP contribution in [0.2, 0.25) is 0 Å². The third kappa shape index (κ3) is 2.02. The SMILES string of the molecule is C=C1C[C@@H]2[C@@H](CC[C@@]3(C)[C@H]2CC[C@]3(O)C(C)=O)[C@]2(C)CCC(=O)C=C12. The minimum atomic E-state index is -1.16. The monoisotopic (exact) mass is 342 g/mol. The van der Waals surface area contributed by atoms with Gasteiger partial charge >= 0.3 is 0 Å². The summed E-state index contributed by atoms with van der Waals surface area (Å²) < 4.78 is 0. The van der Waals surface area contributed by atoms with Gasteiger partial charge in [0.15, 0.2) is 11.6 Å². The number of hydrogen-bond acceptors (Lipinski definition) is 3. The molecule has 0 aromatic heterocycles. The van der Waals surface area contributed by atoms with Gasteiger partial charge in [-0.05, 0) is 80.3 Å². The van der Waals surface area contributed by atoms with Gasteiger partial charge in [0, 0.05) is 11.8 Å². The largest absolute Gasteiger partial charge is 0.382 e. The summed E-state index contributed by atoms with van der Waals surface area (Å²) in [6.45, 7) is 10.3. The van der Waals surface area contributed by atoms with Crippen LogP contribution < -0.4 is 0 Å². The van der Waals surface area contributed by atoms with Crippen molar-refractivity contribution < 1.29 is 14.7 Å². The summed E-state index contributed by atoms with van der Waals surface area (Å²) in [7, 11) is 0. The van der Waals surface area contributed by atoms with E-state index < -0.39 is 5.60 Å². The smallest absolute Gasteiger partial charge is 0.161 e. The van der Waals surface area contributed by atoms with Gasteiger partial charge in [0.2, 0.25) is 0 Å². The number of hydrogen-bond donors (Lipinski definition) is 1. The normalized spacial score (nSPS) is 49.1. The molecule has 3 saturated carbocycles. The molecular weight excluding hydrogens is 312 g/mol. The van der Waals surface area contributed by atoms with E-state index in [-0.39, 0.29) is 22.4 Å². The fourth-order valence-corrected chi connectivity index (χ4v) is 7.16. The van der Waals surface area contributed by atoms with E-state index in [1.54, 1.807) is 6.92 Å². The average molecular weight is 342 g/mol. The molecule has 3 heteroatoms. The lowest BCUT2D eigenvalue weighted by Crippen LogP contribution is -2.57. The van der Waals surface area contributed by atoms with E-state index in [1.807, 2.05) is 6.08 Å². The Morgan fingerprint density at radius 1 is 1.20 bits per heavy atom. The summed E-state index contributed by atoms with van der Waals surface area (Å²) in [6.07, 6.45) is 7.77. The van der Waals surface area contributed by atoms with E-state index in [2.05, 4.69) is 20.4 Å². The Balaban J connectivity index is 1.75. The lowest BCUT2D eigenvalue weighted by molar-refractivity contribution is -0.159. The minimum Gasteiger partial charge on any atom is -0.382 e. The van der Waals surface area contributed by atoms with Gasteiger partial charge in [-0.3, -0.25) is 9.59 Å². The molecule has 0 aromatic carbocycles. The summed E-state index contributed by atoms with van der Waals surface area (Å²) in [5, 5.41) is 11.2. The Morgan fingerprint density at radius 3 is 2.56 bits per heavy atom. The summed E-state index contributed by atoms with van der Waals surface area (Å²) in [5.74, 6) is 1.54. The second kappa shape index (κ2) is 5.16. The fourth-order valence-electron chi connectivity index (χ4n) is 7.16. The van der Waals surface area contributed by atoms with Crippen molar-refractivity contribution in [1.82, 2.24) is 0 Å². The van der Waals surface area contributed by atoms with Gasteiger partial charge in [-0.25, -0.2) is 0 Å². The quantitative estimate of drug-likeness (QED) is 0.783. The van der Waals surface area contributed by atoms with Gasteiger partial charge in [0.05, 0.1) is 0 Å². The number of carbonyl (C=O) groups is 2. The van der Waals surface area contributed by atoms with Crippen LogP contribution in [0.1, 0.15) is 65.7 Å². The molecule has 0 radical (unpaired) electrons. The lowest BCUT2D eigenvalue weighted by atomic mass is 9.45. The van der Waals surface area contributed by atoms with Crippen molar-refractivity contribution in [2.24, 2.45) is 28.6 Å². The van der Waals surface area contributed by atoms with Crippen LogP contribution in [0.15, 0.2) is 23.8 Å². The zero-order valence-corrected chi connectivity index (χ0v) is 15.7. The fraction of sp³-hybridized carbons (Fsp3) is 0.727. The van der Waals surface area contributed by atoms with E-state index in [0.29, 0.717) is 30.6 Å². The van der Waals surface area contributed by atoms with Crippen LogP contribution in [0, 0.1) is 28.6 Å². The first-order valence-corrected chi connectivity index (χ1v) is 9.80. The zero-order valence-electron chi connectivity index (χ0n) is 15.7. The summed E-state index contributed by atoms with van der Waals surface area (Å²) in [4.78, 5) is 24.2. The van der Waals surface area contributed by atoms with Gasteiger partial charge in [-0.1, -0.05) is 26.0 Å². The highest BCUT2D eigenvalue weighted by molar-refractivity contribution is 5.92. The molecule has 0 bridgehead atoms. The van der Waals surface area contributed by atoms with Crippen LogP contribution in [-0.2, 0) is 9.59 Å². The molecule has 0 aromatic rings. The first-order valence-electron chi connectivity index (χ1n) is 9.80. The molecule has 4 rings (SSSR count). The van der Waals surface area contributed by atoms with E-state index in [9.17, 15) is 14.7 Å². The van der Waals surface area contributed by atoms with Crippen LogP contribution in [0.3, 0.4) is 0 Å². The molecule has 0 amide bonds. The van der Waals surface area contributed by atoms with Crippen molar-refractivity contribution in [3.63, 3.8) is 0 Å². The molecule has 0 heterocycles. The van der Waals surface area contributed by atoms with E-state index in [0.717, 1.165) is 37.7 Å². The van der Waals surface area contributed by atoms with Crippen molar-refractivity contribution in [3.8, 4) is 0 Å². The predicted octanol–water partition coefficient (Wildman–Crippen LogP) is 4.00. The zero-order chi connectivity index (χ0) is 18.2. The molecule has 25 heavy (non-hydrogen) atoms. The van der Waals surface area contributed by atoms with E-state index in [4.69, 9.17) is 0 Å². The number of fused-ring (bicyclic) bond motifs is 5. The summed E-state index contributed by atoms with van der Waals surface area (Å²) in [5.41, 5.74) is 0.852. The van der Waals surface area contributed by atoms with Gasteiger partial charge in [-0.15, -0.1) is 0 Å². The van der Waals surface area contributed by atoms with E-state index >= 15 is 0 Å². The molecule has 3 nitrogen and oxygen atoms in total. The summed E-state index contributed by atoms with van der Waals surface area (Å²) in [6, 6.07) is 0. The number of carbonyl (C=O) groups excluding carboxylic acids is 2. The standard InChI is InChI=1S/C22H30O3/c1-13-11-16-17(20(3)8-5-15(24)12-19(13)20)6-9-21(4)18(16)7-10-22(21,25)14(2)23/h12,16-18,25H,1,5-11H2,2-4H3/t16-,17-,18+,20+,21+,22+/m1/s1. The molecule has 3 fully saturated rings. The van der Waals surface area contributed by atoms with Gasteiger partial charge in [0.25, 0.3) is 0 Å². The van der Waals surface area contributed by atoms with E-state index in [1.165, 1.54) is 5.57 Å². The molecular formula is C22H30O3. The van der Waals surface area contributed by atoms with Crippen molar-refractivity contribution in [1.29, 1.82) is 0 Å². The van der Waals surface area contributed by atoms with Gasteiger partial charge in [-0.2, -0.15) is 0 Å². The molecule has 0 spiro atoms. The maximum atomic E-state index is 12.3. The van der Waals surface area contributed by atoms with Crippen LogP contribution in [-0.4, -0.2) is 22.3 Å². The molecule has 1 N–H and O–H groups in total. The Labute approximate surface area is 150 Å². The number of ketones is 2. The number of Topliss-reactive ketones (excluding diaryl/α,β-unsaturated/α-hetero) is 1. The molecule has 0 saturated heterocycles.